The fraction of sp³-hybridized carbons (Fsp3) is 0.500. The Kier molecular flexibility index (Phi) is 5.67. The highest BCUT2D eigenvalue weighted by Crippen LogP contribution is 2.41. The Hall–Kier alpha value is -3.23. The molecule has 2 aromatic heterocycles. The zero-order chi connectivity index (χ0) is 21.2. The summed E-state index contributed by atoms with van der Waals surface area (Å²) >= 11 is 0. The maximum Gasteiger partial charge on any atom is 0.305 e. The van der Waals surface area contributed by atoms with Gasteiger partial charge in [-0.15, -0.1) is 0 Å². The number of rotatable bonds is 6. The summed E-state index contributed by atoms with van der Waals surface area (Å²) in [5, 5.41) is 25.0. The summed E-state index contributed by atoms with van der Waals surface area (Å²) < 4.78 is 17.6. The average molecular weight is 403 g/mol. The SMILES string of the molecule is CCC(=O)OCC1OC(C#N)(c2ccc3c(N)ncnn23)C(O)C1OC(=O)CC. The summed E-state index contributed by atoms with van der Waals surface area (Å²) in [6.45, 7) is 2.92. The lowest BCUT2D eigenvalue weighted by Gasteiger charge is -2.24. The Labute approximate surface area is 166 Å². The molecule has 0 amide bonds. The second kappa shape index (κ2) is 8.02. The predicted molar refractivity (Wildman–Crippen MR) is 97.0 cm³/mol. The van der Waals surface area contributed by atoms with Crippen LogP contribution in [-0.2, 0) is 29.4 Å². The third-order valence-corrected chi connectivity index (χ3v) is 4.71. The van der Waals surface area contributed by atoms with E-state index in [1.165, 1.54) is 16.9 Å². The molecule has 1 fully saturated rings. The number of aliphatic hydroxyl groups is 1. The van der Waals surface area contributed by atoms with Crippen LogP contribution >= 0.6 is 0 Å². The number of nitrogens with zero attached hydrogens (tertiary/aromatic N) is 4. The van der Waals surface area contributed by atoms with Crippen LogP contribution in [0.15, 0.2) is 18.5 Å². The number of aromatic nitrogens is 3. The number of nitrogen functional groups attached to an aromatic ring is 1. The first-order chi connectivity index (χ1) is 13.9. The summed E-state index contributed by atoms with van der Waals surface area (Å²) in [6.07, 6.45) is -2.45. The topological polar surface area (TPSA) is 162 Å². The smallest absolute Gasteiger partial charge is 0.305 e. The van der Waals surface area contributed by atoms with Gasteiger partial charge < -0.3 is 25.1 Å². The lowest BCUT2D eigenvalue weighted by Crippen LogP contribution is -2.43. The van der Waals surface area contributed by atoms with Crippen molar-refractivity contribution in [1.29, 1.82) is 5.26 Å². The summed E-state index contributed by atoms with van der Waals surface area (Å²) in [4.78, 5) is 27.3. The maximum absolute atomic E-state index is 11.9. The van der Waals surface area contributed by atoms with E-state index in [4.69, 9.17) is 19.9 Å². The molecule has 29 heavy (non-hydrogen) atoms. The van der Waals surface area contributed by atoms with Gasteiger partial charge in [0.2, 0.25) is 5.60 Å². The minimum atomic E-state index is -1.94. The summed E-state index contributed by atoms with van der Waals surface area (Å²) in [6, 6.07) is 5.07. The molecule has 0 aromatic carbocycles. The van der Waals surface area contributed by atoms with Crippen molar-refractivity contribution in [3.8, 4) is 6.07 Å². The first-order valence-electron chi connectivity index (χ1n) is 9.08. The number of nitrogens with two attached hydrogens (primary N) is 1. The molecule has 0 radical (unpaired) electrons. The van der Waals surface area contributed by atoms with Crippen LogP contribution in [0.2, 0.25) is 0 Å². The van der Waals surface area contributed by atoms with Crippen LogP contribution in [0, 0.1) is 11.3 Å². The van der Waals surface area contributed by atoms with Crippen molar-refractivity contribution in [2.75, 3.05) is 12.3 Å². The number of ether oxygens (including phenoxy) is 3. The number of carbonyl (C=O) groups excluding carboxylic acids is 2. The molecule has 0 spiro atoms. The Morgan fingerprint density at radius 2 is 2.10 bits per heavy atom. The molecule has 4 unspecified atom stereocenters. The average Bonchev–Trinajstić information content (AvgIpc) is 3.27. The van der Waals surface area contributed by atoms with Gasteiger partial charge >= 0.3 is 11.9 Å². The van der Waals surface area contributed by atoms with Gasteiger partial charge in [0.05, 0.1) is 5.69 Å². The van der Waals surface area contributed by atoms with Crippen LogP contribution in [0.4, 0.5) is 5.82 Å². The molecule has 3 rings (SSSR count). The maximum atomic E-state index is 11.9. The number of fused-ring (bicyclic) bond motifs is 1. The lowest BCUT2D eigenvalue weighted by molar-refractivity contribution is -0.159. The van der Waals surface area contributed by atoms with Gasteiger partial charge in [0.25, 0.3) is 0 Å². The Morgan fingerprint density at radius 3 is 2.76 bits per heavy atom. The van der Waals surface area contributed by atoms with E-state index in [0.717, 1.165) is 0 Å². The molecule has 4 atom stereocenters. The first-order valence-corrected chi connectivity index (χ1v) is 9.08. The van der Waals surface area contributed by atoms with Crippen molar-refractivity contribution in [3.05, 3.63) is 24.2 Å². The minimum absolute atomic E-state index is 0.0576. The molecule has 3 heterocycles. The second-order valence-electron chi connectivity index (χ2n) is 6.45. The third-order valence-electron chi connectivity index (χ3n) is 4.71. The first kappa shape index (κ1) is 20.5. The van der Waals surface area contributed by atoms with E-state index < -0.39 is 35.9 Å². The van der Waals surface area contributed by atoms with Gasteiger partial charge in [-0.3, -0.25) is 9.59 Å². The Morgan fingerprint density at radius 1 is 1.38 bits per heavy atom. The second-order valence-corrected chi connectivity index (χ2v) is 6.45. The summed E-state index contributed by atoms with van der Waals surface area (Å²) in [5.74, 6) is -0.911. The van der Waals surface area contributed by atoms with E-state index in [-0.39, 0.29) is 31.0 Å². The van der Waals surface area contributed by atoms with E-state index in [1.807, 2.05) is 6.07 Å². The number of nitriles is 1. The monoisotopic (exact) mass is 403 g/mol. The molecule has 154 valence electrons. The highest BCUT2D eigenvalue weighted by atomic mass is 16.6. The minimum Gasteiger partial charge on any atom is -0.463 e. The molecule has 11 heteroatoms. The van der Waals surface area contributed by atoms with E-state index >= 15 is 0 Å². The Balaban J connectivity index is 2.03. The van der Waals surface area contributed by atoms with E-state index in [2.05, 4.69) is 10.1 Å². The Bertz CT molecular complexity index is 969. The van der Waals surface area contributed by atoms with E-state index in [1.54, 1.807) is 19.9 Å². The molecule has 1 aliphatic rings. The van der Waals surface area contributed by atoms with Crippen LogP contribution in [0.3, 0.4) is 0 Å². The van der Waals surface area contributed by atoms with Gasteiger partial charge in [-0.05, 0) is 12.1 Å². The molecular formula is C18H21N5O6. The van der Waals surface area contributed by atoms with Crippen molar-refractivity contribution in [1.82, 2.24) is 14.6 Å². The van der Waals surface area contributed by atoms with Crippen LogP contribution < -0.4 is 5.73 Å². The van der Waals surface area contributed by atoms with Crippen LogP contribution in [0.25, 0.3) is 5.52 Å². The van der Waals surface area contributed by atoms with Gasteiger partial charge in [-0.1, -0.05) is 13.8 Å². The largest absolute Gasteiger partial charge is 0.463 e. The normalized spacial score (nSPS) is 26.2. The molecule has 2 aromatic rings. The molecule has 0 saturated carbocycles. The molecule has 0 aliphatic carbocycles. The van der Waals surface area contributed by atoms with Gasteiger partial charge in [0, 0.05) is 12.8 Å². The summed E-state index contributed by atoms with van der Waals surface area (Å²) in [7, 11) is 0. The van der Waals surface area contributed by atoms with Crippen molar-refractivity contribution in [2.24, 2.45) is 0 Å². The molecular weight excluding hydrogens is 382 g/mol. The molecule has 1 saturated heterocycles. The highest BCUT2D eigenvalue weighted by Gasteiger charge is 2.59. The number of esters is 2. The number of aliphatic hydroxyl groups excluding tert-OH is 1. The lowest BCUT2D eigenvalue weighted by atomic mass is 9.92. The van der Waals surface area contributed by atoms with Crippen LogP contribution in [0.1, 0.15) is 32.4 Å². The van der Waals surface area contributed by atoms with Crippen molar-refractivity contribution >= 4 is 23.3 Å². The zero-order valence-corrected chi connectivity index (χ0v) is 15.9. The highest BCUT2D eigenvalue weighted by molar-refractivity contribution is 5.70. The number of carbonyl (C=O) groups is 2. The number of anilines is 1. The quantitative estimate of drug-likeness (QED) is 0.631. The van der Waals surface area contributed by atoms with Crippen LogP contribution in [-0.4, -0.2) is 56.6 Å². The molecule has 11 nitrogen and oxygen atoms in total. The van der Waals surface area contributed by atoms with Crippen molar-refractivity contribution in [2.45, 2.75) is 50.6 Å². The molecule has 1 aliphatic heterocycles. The third kappa shape index (κ3) is 3.48. The van der Waals surface area contributed by atoms with E-state index in [9.17, 15) is 20.0 Å². The van der Waals surface area contributed by atoms with Gasteiger partial charge in [0.15, 0.2) is 11.9 Å². The van der Waals surface area contributed by atoms with E-state index in [0.29, 0.717) is 5.52 Å². The molecule has 0 bridgehead atoms. The standard InChI is InChI=1S/C18H21N5O6/c1-3-13(24)27-7-11-15(28-14(25)4-2)16(26)18(8-19,29-11)12-6-5-10-17(20)21-9-22-23(10)12/h5-6,9,11,15-16,26H,3-4,7H2,1-2H3,(H2,20,21,22). The molecule has 3 N–H and O–H groups in total. The number of hydrogen-bond donors (Lipinski definition) is 2. The fourth-order valence-electron chi connectivity index (χ4n) is 3.19. The van der Waals surface area contributed by atoms with Gasteiger partial charge in [-0.2, -0.15) is 10.4 Å². The predicted octanol–water partition coefficient (Wildman–Crippen LogP) is 0.0651. The van der Waals surface area contributed by atoms with Gasteiger partial charge in [-0.25, -0.2) is 9.50 Å². The van der Waals surface area contributed by atoms with Gasteiger partial charge in [0.1, 0.15) is 36.7 Å². The summed E-state index contributed by atoms with van der Waals surface area (Å²) in [5.41, 5.74) is 4.49. The van der Waals surface area contributed by atoms with Crippen LogP contribution in [0.5, 0.6) is 0 Å². The van der Waals surface area contributed by atoms with Crippen molar-refractivity contribution in [3.63, 3.8) is 0 Å². The zero-order valence-electron chi connectivity index (χ0n) is 15.9. The van der Waals surface area contributed by atoms with Crippen molar-refractivity contribution < 1.29 is 28.9 Å². The number of hydrogen-bond acceptors (Lipinski definition) is 10. The fourth-order valence-corrected chi connectivity index (χ4v) is 3.19.